The normalized spacial score (nSPS) is 16.4. The maximum Gasteiger partial charge on any atom is 0.269 e. The monoisotopic (exact) mass is 435 g/mol. The van der Waals surface area contributed by atoms with Gasteiger partial charge in [0.15, 0.2) is 0 Å². The van der Waals surface area contributed by atoms with Crippen LogP contribution in [0, 0.1) is 13.8 Å². The Hall–Kier alpha value is -3.26. The zero-order chi connectivity index (χ0) is 22.8. The van der Waals surface area contributed by atoms with Gasteiger partial charge in [0.2, 0.25) is 5.78 Å². The Morgan fingerprint density at radius 3 is 2.53 bits per heavy atom. The number of piperazine rings is 1. The number of Topliss-reactive ketones (excluding diaryl/α,β-unsaturated/α-hetero) is 1. The first kappa shape index (κ1) is 22.0. The lowest BCUT2D eigenvalue weighted by atomic mass is 9.94. The topological polar surface area (TPSA) is 87.1 Å². The Bertz CT molecular complexity index is 1090. The van der Waals surface area contributed by atoms with E-state index in [1.165, 1.54) is 12.7 Å². The fourth-order valence-electron chi connectivity index (χ4n) is 4.39. The van der Waals surface area contributed by atoms with Gasteiger partial charge in [-0.1, -0.05) is 6.07 Å². The lowest BCUT2D eigenvalue weighted by Gasteiger charge is -2.37. The maximum atomic E-state index is 12.2. The van der Waals surface area contributed by atoms with Crippen molar-refractivity contribution in [1.29, 1.82) is 0 Å². The molecule has 4 rings (SSSR count). The van der Waals surface area contributed by atoms with Crippen LogP contribution in [-0.2, 0) is 22.5 Å². The predicted octanol–water partition coefficient (Wildman–Crippen LogP) is 2.18. The number of aryl methyl sites for hydroxylation is 1. The first-order valence-electron chi connectivity index (χ1n) is 10.9. The summed E-state index contributed by atoms with van der Waals surface area (Å²) >= 11 is 0. The van der Waals surface area contributed by atoms with Crippen molar-refractivity contribution < 1.29 is 14.3 Å². The van der Waals surface area contributed by atoms with Gasteiger partial charge in [-0.15, -0.1) is 0 Å². The molecule has 1 fully saturated rings. The van der Waals surface area contributed by atoms with Crippen LogP contribution in [0.4, 0.5) is 11.4 Å². The molecule has 1 amide bonds. The summed E-state index contributed by atoms with van der Waals surface area (Å²) in [6, 6.07) is 7.87. The Balaban J connectivity index is 1.42. The number of carbonyl (C=O) groups excluding carboxylic acids is 2. The molecule has 1 saturated heterocycles. The Kier molecular flexibility index (Phi) is 6.23. The molecule has 2 aromatic rings. The lowest BCUT2D eigenvalue weighted by Crippen LogP contribution is -2.46. The van der Waals surface area contributed by atoms with Gasteiger partial charge in [-0.2, -0.15) is 0 Å². The smallest absolute Gasteiger partial charge is 0.269 e. The van der Waals surface area contributed by atoms with E-state index in [1.807, 2.05) is 19.1 Å². The fourth-order valence-corrected chi connectivity index (χ4v) is 4.39. The van der Waals surface area contributed by atoms with Crippen molar-refractivity contribution >= 4 is 29.0 Å². The number of carbonyl (C=O) groups is 2. The van der Waals surface area contributed by atoms with Crippen molar-refractivity contribution in [3.05, 3.63) is 52.3 Å². The number of aromatic nitrogens is 1. The van der Waals surface area contributed by atoms with Gasteiger partial charge in [0.05, 0.1) is 24.2 Å². The van der Waals surface area contributed by atoms with Gasteiger partial charge in [0.1, 0.15) is 5.69 Å². The molecule has 8 heteroatoms. The molecule has 1 N–H and O–H groups in total. The van der Waals surface area contributed by atoms with Gasteiger partial charge in [-0.25, -0.2) is 9.98 Å². The number of pyridine rings is 1. The summed E-state index contributed by atoms with van der Waals surface area (Å²) in [5.74, 6) is -0.0510. The van der Waals surface area contributed by atoms with E-state index in [0.29, 0.717) is 12.1 Å². The maximum absolute atomic E-state index is 12.2. The molecule has 0 aliphatic carbocycles. The predicted molar refractivity (Wildman–Crippen MR) is 124 cm³/mol. The van der Waals surface area contributed by atoms with Crippen molar-refractivity contribution in [3.8, 4) is 0 Å². The van der Waals surface area contributed by atoms with E-state index in [1.54, 1.807) is 13.1 Å². The van der Waals surface area contributed by atoms with Crippen molar-refractivity contribution in [2.75, 3.05) is 45.2 Å². The molecular weight excluding hydrogens is 406 g/mol. The van der Waals surface area contributed by atoms with Gasteiger partial charge < -0.3 is 15.0 Å². The third-order valence-electron chi connectivity index (χ3n) is 6.30. The number of nitrogens with zero attached hydrogens (tertiary/aromatic N) is 4. The molecular formula is C24H29N5O3. The Morgan fingerprint density at radius 1 is 1.12 bits per heavy atom. The van der Waals surface area contributed by atoms with Gasteiger partial charge in [-0.05, 0) is 48.7 Å². The van der Waals surface area contributed by atoms with E-state index >= 15 is 0 Å². The standard InChI is InChI=1S/C24H29N5O3/c1-15-17(5-6-19-18(15)13-22(30)24(27-19)32-4)14-28-9-11-29(12-10-28)21-8-7-20(23(31)25-3)26-16(21)2/h5-8H,9-14H2,1-4H3,(H,25,31). The van der Waals surface area contributed by atoms with Crippen LogP contribution in [0.2, 0.25) is 0 Å². The molecule has 3 heterocycles. The Morgan fingerprint density at radius 2 is 1.88 bits per heavy atom. The molecule has 0 spiro atoms. The van der Waals surface area contributed by atoms with Crippen molar-refractivity contribution in [2.24, 2.45) is 4.99 Å². The highest BCUT2D eigenvalue weighted by Crippen LogP contribution is 2.31. The van der Waals surface area contributed by atoms with Gasteiger partial charge >= 0.3 is 0 Å². The third kappa shape index (κ3) is 4.23. The third-order valence-corrected chi connectivity index (χ3v) is 6.30. The zero-order valence-corrected chi connectivity index (χ0v) is 19.1. The summed E-state index contributed by atoms with van der Waals surface area (Å²) in [5, 5.41) is 2.61. The Labute approximate surface area is 188 Å². The van der Waals surface area contributed by atoms with E-state index in [9.17, 15) is 9.59 Å². The summed E-state index contributed by atoms with van der Waals surface area (Å²) in [5.41, 5.74) is 6.59. The van der Waals surface area contributed by atoms with E-state index in [0.717, 1.165) is 60.9 Å². The van der Waals surface area contributed by atoms with Crippen LogP contribution >= 0.6 is 0 Å². The number of fused-ring (bicyclic) bond motifs is 1. The number of ketones is 1. The van der Waals surface area contributed by atoms with Crippen molar-refractivity contribution in [3.63, 3.8) is 0 Å². The van der Waals surface area contributed by atoms with Crippen LogP contribution in [0.5, 0.6) is 0 Å². The molecule has 1 aromatic carbocycles. The minimum atomic E-state index is -0.171. The second-order valence-electron chi connectivity index (χ2n) is 8.21. The number of hydrogen-bond donors (Lipinski definition) is 1. The number of hydrogen-bond acceptors (Lipinski definition) is 7. The molecule has 0 radical (unpaired) electrons. The number of ether oxygens (including phenoxy) is 1. The molecule has 0 atom stereocenters. The van der Waals surface area contributed by atoms with E-state index in [2.05, 4.69) is 38.1 Å². The highest BCUT2D eigenvalue weighted by molar-refractivity contribution is 6.38. The summed E-state index contributed by atoms with van der Waals surface area (Å²) in [6.07, 6.45) is 0.341. The highest BCUT2D eigenvalue weighted by Gasteiger charge is 2.25. The van der Waals surface area contributed by atoms with E-state index in [-0.39, 0.29) is 17.6 Å². The van der Waals surface area contributed by atoms with Crippen LogP contribution in [-0.4, -0.2) is 67.8 Å². The number of benzene rings is 1. The molecule has 2 aliphatic heterocycles. The minimum Gasteiger partial charge on any atom is -0.478 e. The molecule has 0 bridgehead atoms. The van der Waals surface area contributed by atoms with Crippen molar-refractivity contribution in [2.45, 2.75) is 26.8 Å². The quantitative estimate of drug-likeness (QED) is 0.792. The number of rotatable bonds is 4. The summed E-state index contributed by atoms with van der Waals surface area (Å²) in [7, 11) is 3.09. The largest absolute Gasteiger partial charge is 0.478 e. The number of aliphatic imine (C=N–C) groups is 1. The number of amides is 1. The second kappa shape index (κ2) is 9.08. The lowest BCUT2D eigenvalue weighted by molar-refractivity contribution is -0.113. The van der Waals surface area contributed by atoms with Crippen LogP contribution in [0.3, 0.4) is 0 Å². The van der Waals surface area contributed by atoms with Crippen LogP contribution in [0.1, 0.15) is 32.9 Å². The van der Waals surface area contributed by atoms with Crippen molar-refractivity contribution in [1.82, 2.24) is 15.2 Å². The molecule has 0 saturated carbocycles. The average molecular weight is 436 g/mol. The van der Waals surface area contributed by atoms with Gasteiger partial charge in [0, 0.05) is 46.2 Å². The molecule has 8 nitrogen and oxygen atoms in total. The summed E-state index contributed by atoms with van der Waals surface area (Å²) < 4.78 is 5.09. The first-order chi connectivity index (χ1) is 15.4. The van der Waals surface area contributed by atoms with E-state index in [4.69, 9.17) is 4.74 Å². The highest BCUT2D eigenvalue weighted by atomic mass is 16.5. The van der Waals surface area contributed by atoms with Gasteiger partial charge in [0.25, 0.3) is 11.8 Å². The fraction of sp³-hybridized carbons (Fsp3) is 0.417. The molecule has 1 aromatic heterocycles. The van der Waals surface area contributed by atoms with E-state index < -0.39 is 0 Å². The second-order valence-corrected chi connectivity index (χ2v) is 8.21. The SMILES string of the molecule is CNC(=O)c1ccc(N2CCN(Cc3ccc4c(c3C)CC(=O)C(OC)=N4)CC2)c(C)n1. The summed E-state index contributed by atoms with van der Waals surface area (Å²) in [4.78, 5) is 37.6. The minimum absolute atomic E-state index is 0.0692. The van der Waals surface area contributed by atoms with Crippen LogP contribution in [0.25, 0.3) is 0 Å². The van der Waals surface area contributed by atoms with Crippen LogP contribution in [0.15, 0.2) is 29.3 Å². The zero-order valence-electron chi connectivity index (χ0n) is 19.1. The molecule has 2 aliphatic rings. The number of anilines is 1. The number of methoxy groups -OCH3 is 1. The molecule has 32 heavy (non-hydrogen) atoms. The summed E-state index contributed by atoms with van der Waals surface area (Å²) in [6.45, 7) is 8.51. The van der Waals surface area contributed by atoms with Gasteiger partial charge in [-0.3, -0.25) is 14.5 Å². The first-order valence-corrected chi connectivity index (χ1v) is 10.9. The number of nitrogens with one attached hydrogen (secondary N) is 1. The molecule has 168 valence electrons. The average Bonchev–Trinajstić information content (AvgIpc) is 2.81. The van der Waals surface area contributed by atoms with Crippen LogP contribution < -0.4 is 10.2 Å². The molecule has 0 unspecified atom stereocenters.